The number of para-hydroxylation sites is 1. The first-order valence-electron chi connectivity index (χ1n) is 11.3. The van der Waals surface area contributed by atoms with Crippen molar-refractivity contribution in [1.29, 1.82) is 0 Å². The highest BCUT2D eigenvalue weighted by Crippen LogP contribution is 2.26. The first kappa shape index (κ1) is 22.9. The zero-order valence-electron chi connectivity index (χ0n) is 18.8. The summed E-state index contributed by atoms with van der Waals surface area (Å²) in [6.45, 7) is 6.27. The van der Waals surface area contributed by atoms with Crippen molar-refractivity contribution in [3.05, 3.63) is 65.7 Å². The van der Waals surface area contributed by atoms with Gasteiger partial charge >= 0.3 is 0 Å². The molecule has 0 aliphatic heterocycles. The van der Waals surface area contributed by atoms with Gasteiger partial charge in [-0.05, 0) is 42.9 Å². The predicted molar refractivity (Wildman–Crippen MR) is 123 cm³/mol. The molecule has 5 heteroatoms. The molecule has 1 atom stereocenters. The van der Waals surface area contributed by atoms with Gasteiger partial charge < -0.3 is 15.0 Å². The van der Waals surface area contributed by atoms with E-state index in [1.807, 2.05) is 54.6 Å². The molecule has 1 aliphatic rings. The highest BCUT2D eigenvalue weighted by molar-refractivity contribution is 5.88. The second-order valence-electron chi connectivity index (χ2n) is 8.65. The van der Waals surface area contributed by atoms with Crippen LogP contribution in [0.5, 0.6) is 5.75 Å². The number of nitrogens with one attached hydrogen (secondary N) is 1. The first-order valence-corrected chi connectivity index (χ1v) is 11.3. The van der Waals surface area contributed by atoms with Gasteiger partial charge in [-0.15, -0.1) is 0 Å². The van der Waals surface area contributed by atoms with Gasteiger partial charge in [-0.1, -0.05) is 75.2 Å². The minimum absolute atomic E-state index is 0.0984. The Morgan fingerprint density at radius 2 is 1.65 bits per heavy atom. The van der Waals surface area contributed by atoms with E-state index in [9.17, 15) is 9.59 Å². The zero-order chi connectivity index (χ0) is 22.2. The standard InChI is InChI=1S/C26H34N2O3/c1-19(2)23-15-9-10-16-24(23)31-18-25(29)28(17-21-11-5-4-6-12-21)20(3)26(30)27-22-13-7-8-14-22/h4-6,9-12,15-16,19-20,22H,7-8,13-14,17-18H2,1-3H3,(H,27,30). The SMILES string of the molecule is CC(C)c1ccccc1OCC(=O)N(Cc1ccccc1)C(C)C(=O)NC1CCCC1. The fourth-order valence-corrected chi connectivity index (χ4v) is 4.07. The minimum Gasteiger partial charge on any atom is -0.483 e. The maximum absolute atomic E-state index is 13.2. The van der Waals surface area contributed by atoms with Crippen molar-refractivity contribution >= 4 is 11.8 Å². The van der Waals surface area contributed by atoms with Gasteiger partial charge in [-0.3, -0.25) is 9.59 Å². The normalized spacial score (nSPS) is 15.0. The molecule has 5 nitrogen and oxygen atoms in total. The summed E-state index contributed by atoms with van der Waals surface area (Å²) in [5, 5.41) is 3.12. The van der Waals surface area contributed by atoms with Crippen LogP contribution in [0, 0.1) is 0 Å². The second-order valence-corrected chi connectivity index (χ2v) is 8.65. The Kier molecular flexibility index (Phi) is 8.10. The molecule has 0 spiro atoms. The number of ether oxygens (including phenoxy) is 1. The molecule has 0 bridgehead atoms. The van der Waals surface area contributed by atoms with Crippen LogP contribution in [-0.2, 0) is 16.1 Å². The molecule has 3 rings (SSSR count). The van der Waals surface area contributed by atoms with Gasteiger partial charge in [-0.25, -0.2) is 0 Å². The lowest BCUT2D eigenvalue weighted by molar-refractivity contribution is -0.142. The summed E-state index contributed by atoms with van der Waals surface area (Å²) in [7, 11) is 0. The fraction of sp³-hybridized carbons (Fsp3) is 0.462. The Bertz CT molecular complexity index is 860. The highest BCUT2D eigenvalue weighted by atomic mass is 16.5. The predicted octanol–water partition coefficient (Wildman–Crippen LogP) is 4.66. The summed E-state index contributed by atoms with van der Waals surface area (Å²) in [6.07, 6.45) is 4.32. The van der Waals surface area contributed by atoms with Gasteiger partial charge in [0.2, 0.25) is 5.91 Å². The number of hydrogen-bond acceptors (Lipinski definition) is 3. The number of amides is 2. The Labute approximate surface area is 185 Å². The molecule has 31 heavy (non-hydrogen) atoms. The molecule has 1 fully saturated rings. The average molecular weight is 423 g/mol. The van der Waals surface area contributed by atoms with E-state index in [-0.39, 0.29) is 24.5 Å². The summed E-state index contributed by atoms with van der Waals surface area (Å²) < 4.78 is 5.92. The molecule has 1 unspecified atom stereocenters. The van der Waals surface area contributed by atoms with Gasteiger partial charge in [0.1, 0.15) is 11.8 Å². The molecule has 1 saturated carbocycles. The van der Waals surface area contributed by atoms with E-state index in [0.717, 1.165) is 36.8 Å². The molecular weight excluding hydrogens is 388 g/mol. The highest BCUT2D eigenvalue weighted by Gasteiger charge is 2.28. The van der Waals surface area contributed by atoms with Gasteiger partial charge in [-0.2, -0.15) is 0 Å². The Hall–Kier alpha value is -2.82. The smallest absolute Gasteiger partial charge is 0.261 e. The maximum atomic E-state index is 13.2. The lowest BCUT2D eigenvalue weighted by Gasteiger charge is -2.30. The number of carbonyl (C=O) groups is 2. The molecule has 1 N–H and O–H groups in total. The van der Waals surface area contributed by atoms with E-state index >= 15 is 0 Å². The van der Waals surface area contributed by atoms with E-state index in [1.54, 1.807) is 11.8 Å². The van der Waals surface area contributed by atoms with Crippen molar-refractivity contribution in [2.24, 2.45) is 0 Å². The molecule has 0 radical (unpaired) electrons. The van der Waals surface area contributed by atoms with Crippen LogP contribution in [0.1, 0.15) is 63.5 Å². The zero-order valence-corrected chi connectivity index (χ0v) is 18.8. The van der Waals surface area contributed by atoms with Gasteiger partial charge in [0.05, 0.1) is 0 Å². The van der Waals surface area contributed by atoms with E-state index < -0.39 is 6.04 Å². The average Bonchev–Trinajstić information content (AvgIpc) is 3.29. The van der Waals surface area contributed by atoms with E-state index in [0.29, 0.717) is 18.2 Å². The summed E-state index contributed by atoms with van der Waals surface area (Å²) >= 11 is 0. The number of carbonyl (C=O) groups excluding carboxylic acids is 2. The molecule has 2 amide bonds. The number of nitrogens with zero attached hydrogens (tertiary/aromatic N) is 1. The third-order valence-corrected chi connectivity index (χ3v) is 5.96. The Morgan fingerprint density at radius 3 is 2.32 bits per heavy atom. The van der Waals surface area contributed by atoms with Crippen LogP contribution in [0.15, 0.2) is 54.6 Å². The van der Waals surface area contributed by atoms with Gasteiger partial charge in [0, 0.05) is 12.6 Å². The van der Waals surface area contributed by atoms with Crippen molar-refractivity contribution in [2.75, 3.05) is 6.61 Å². The second kappa shape index (κ2) is 11.0. The summed E-state index contributed by atoms with van der Waals surface area (Å²) in [6, 6.07) is 17.2. The molecule has 1 aliphatic carbocycles. The maximum Gasteiger partial charge on any atom is 0.261 e. The van der Waals surface area contributed by atoms with Gasteiger partial charge in [0.25, 0.3) is 5.91 Å². The third kappa shape index (κ3) is 6.33. The van der Waals surface area contributed by atoms with E-state index in [2.05, 4.69) is 19.2 Å². The molecular formula is C26H34N2O3. The van der Waals surface area contributed by atoms with Crippen molar-refractivity contribution in [1.82, 2.24) is 10.2 Å². The molecule has 2 aromatic rings. The molecule has 2 aromatic carbocycles. The van der Waals surface area contributed by atoms with Crippen LogP contribution < -0.4 is 10.1 Å². The topological polar surface area (TPSA) is 58.6 Å². The minimum atomic E-state index is -0.572. The van der Waals surface area contributed by atoms with E-state index in [1.165, 1.54) is 0 Å². The molecule has 166 valence electrons. The summed E-state index contributed by atoms with van der Waals surface area (Å²) in [4.78, 5) is 27.7. The number of benzene rings is 2. The first-order chi connectivity index (χ1) is 15.0. The number of hydrogen-bond donors (Lipinski definition) is 1. The van der Waals surface area contributed by atoms with Crippen molar-refractivity contribution in [2.45, 2.75) is 71.0 Å². The third-order valence-electron chi connectivity index (χ3n) is 5.96. The van der Waals surface area contributed by atoms with Crippen LogP contribution in [0.3, 0.4) is 0 Å². The quantitative estimate of drug-likeness (QED) is 0.639. The van der Waals surface area contributed by atoms with Crippen LogP contribution in [0.4, 0.5) is 0 Å². The Morgan fingerprint density at radius 1 is 1.00 bits per heavy atom. The Balaban J connectivity index is 1.72. The van der Waals surface area contributed by atoms with Gasteiger partial charge in [0.15, 0.2) is 6.61 Å². The van der Waals surface area contributed by atoms with Crippen molar-refractivity contribution < 1.29 is 14.3 Å². The van der Waals surface area contributed by atoms with Crippen LogP contribution in [-0.4, -0.2) is 35.4 Å². The van der Waals surface area contributed by atoms with E-state index in [4.69, 9.17) is 4.74 Å². The largest absolute Gasteiger partial charge is 0.483 e. The van der Waals surface area contributed by atoms with Crippen LogP contribution >= 0.6 is 0 Å². The van der Waals surface area contributed by atoms with Crippen LogP contribution in [0.25, 0.3) is 0 Å². The van der Waals surface area contributed by atoms with Crippen molar-refractivity contribution in [3.8, 4) is 5.75 Å². The lowest BCUT2D eigenvalue weighted by atomic mass is 10.0. The summed E-state index contributed by atoms with van der Waals surface area (Å²) in [5.74, 6) is 0.714. The van der Waals surface area contributed by atoms with Crippen LogP contribution in [0.2, 0.25) is 0 Å². The van der Waals surface area contributed by atoms with Crippen molar-refractivity contribution in [3.63, 3.8) is 0 Å². The molecule has 0 aromatic heterocycles. The monoisotopic (exact) mass is 422 g/mol. The molecule has 0 saturated heterocycles. The lowest BCUT2D eigenvalue weighted by Crippen LogP contribution is -2.50. The molecule has 0 heterocycles. The fourth-order valence-electron chi connectivity index (χ4n) is 4.07. The summed E-state index contributed by atoms with van der Waals surface area (Å²) in [5.41, 5.74) is 2.05. The number of rotatable bonds is 9.